The molecule has 2 atom stereocenters. The summed E-state index contributed by atoms with van der Waals surface area (Å²) >= 11 is 0. The van der Waals surface area contributed by atoms with Crippen LogP contribution in [0.5, 0.6) is 0 Å². The number of hydrogen-bond donors (Lipinski definition) is 0. The third-order valence-electron chi connectivity index (χ3n) is 3.99. The number of piperidine rings is 1. The van der Waals surface area contributed by atoms with Crippen LogP contribution in [0.1, 0.15) is 66.7 Å². The van der Waals surface area contributed by atoms with Crippen LogP contribution in [0.15, 0.2) is 11.6 Å². The zero-order chi connectivity index (χ0) is 14.9. The molecule has 3 nitrogen and oxygen atoms in total. The van der Waals surface area contributed by atoms with E-state index in [2.05, 4.69) is 19.9 Å². The number of carbonyl (C=O) groups is 1. The van der Waals surface area contributed by atoms with E-state index in [1.54, 1.807) is 0 Å². The van der Waals surface area contributed by atoms with Gasteiger partial charge in [0.05, 0.1) is 6.04 Å². The molecular weight excluding hydrogens is 250 g/mol. The number of ether oxygens (including phenoxy) is 1. The predicted octanol–water partition coefficient (Wildman–Crippen LogP) is 4.52. The maximum absolute atomic E-state index is 12.4. The number of fused-ring (bicyclic) bond motifs is 2. The fourth-order valence-electron chi connectivity index (χ4n) is 3.39. The molecule has 0 aromatic rings. The second kappa shape index (κ2) is 5.79. The Balaban J connectivity index is 2.12. The Morgan fingerprint density at radius 2 is 2.10 bits per heavy atom. The standard InChI is InChI=1S/C17H29NO2/c1-12(2)9-13-10-14-7-6-8-15(11-13)18(14)16(19)20-17(3,4)5/h10,12,14-15H,6-9,11H2,1-5H3. The van der Waals surface area contributed by atoms with Gasteiger partial charge in [-0.05, 0) is 58.8 Å². The first kappa shape index (κ1) is 15.4. The minimum absolute atomic E-state index is 0.132. The van der Waals surface area contributed by atoms with Crippen molar-refractivity contribution in [3.63, 3.8) is 0 Å². The molecule has 0 radical (unpaired) electrons. The second-order valence-electron chi connectivity index (χ2n) is 7.67. The topological polar surface area (TPSA) is 29.5 Å². The molecule has 2 bridgehead atoms. The fraction of sp³-hybridized carbons (Fsp3) is 0.824. The summed E-state index contributed by atoms with van der Waals surface area (Å²) in [6.07, 6.45) is 7.82. The SMILES string of the molecule is CC(C)CC1=CC2CCCC(C1)N2C(=O)OC(C)(C)C. The number of hydrogen-bond acceptors (Lipinski definition) is 2. The molecule has 1 fully saturated rings. The lowest BCUT2D eigenvalue weighted by molar-refractivity contribution is -0.00165. The van der Waals surface area contributed by atoms with Crippen molar-refractivity contribution in [3.8, 4) is 0 Å². The molecule has 1 amide bonds. The van der Waals surface area contributed by atoms with E-state index in [1.807, 2.05) is 25.7 Å². The van der Waals surface area contributed by atoms with E-state index in [1.165, 1.54) is 12.0 Å². The average Bonchev–Trinajstić information content (AvgIpc) is 2.24. The molecule has 2 rings (SSSR count). The van der Waals surface area contributed by atoms with Crippen LogP contribution in [0.3, 0.4) is 0 Å². The second-order valence-corrected chi connectivity index (χ2v) is 7.67. The molecule has 2 heterocycles. The number of carbonyl (C=O) groups excluding carboxylic acids is 1. The van der Waals surface area contributed by atoms with Gasteiger partial charge in [0.25, 0.3) is 0 Å². The highest BCUT2D eigenvalue weighted by Gasteiger charge is 2.38. The summed E-state index contributed by atoms with van der Waals surface area (Å²) in [4.78, 5) is 14.4. The van der Waals surface area contributed by atoms with Gasteiger partial charge in [0.2, 0.25) is 0 Å². The Labute approximate surface area is 123 Å². The van der Waals surface area contributed by atoms with Gasteiger partial charge in [-0.3, -0.25) is 4.90 Å². The zero-order valence-electron chi connectivity index (χ0n) is 13.6. The van der Waals surface area contributed by atoms with Gasteiger partial charge in [0, 0.05) is 6.04 Å². The van der Waals surface area contributed by atoms with E-state index in [4.69, 9.17) is 4.74 Å². The van der Waals surface area contributed by atoms with Crippen molar-refractivity contribution in [2.45, 2.75) is 84.4 Å². The highest BCUT2D eigenvalue weighted by Crippen LogP contribution is 2.36. The van der Waals surface area contributed by atoms with Gasteiger partial charge in [-0.2, -0.15) is 0 Å². The molecule has 2 aliphatic heterocycles. The summed E-state index contributed by atoms with van der Waals surface area (Å²) in [6, 6.07) is 0.605. The Bertz CT molecular complexity index is 392. The van der Waals surface area contributed by atoms with Gasteiger partial charge in [0.1, 0.15) is 5.60 Å². The summed E-state index contributed by atoms with van der Waals surface area (Å²) in [7, 11) is 0. The van der Waals surface area contributed by atoms with Crippen molar-refractivity contribution < 1.29 is 9.53 Å². The summed E-state index contributed by atoms with van der Waals surface area (Å²) < 4.78 is 5.59. The molecule has 20 heavy (non-hydrogen) atoms. The molecule has 0 aromatic carbocycles. The van der Waals surface area contributed by atoms with Crippen LogP contribution < -0.4 is 0 Å². The van der Waals surface area contributed by atoms with Crippen LogP contribution in [0, 0.1) is 5.92 Å². The molecular formula is C17H29NO2. The molecule has 0 spiro atoms. The molecule has 2 unspecified atom stereocenters. The largest absolute Gasteiger partial charge is 0.444 e. The molecule has 0 N–H and O–H groups in total. The van der Waals surface area contributed by atoms with Crippen LogP contribution >= 0.6 is 0 Å². The first-order chi connectivity index (χ1) is 9.26. The maximum atomic E-state index is 12.4. The number of nitrogens with zero attached hydrogens (tertiary/aromatic N) is 1. The lowest BCUT2D eigenvalue weighted by Gasteiger charge is -2.45. The van der Waals surface area contributed by atoms with Crippen molar-refractivity contribution in [2.24, 2.45) is 5.92 Å². The quantitative estimate of drug-likeness (QED) is 0.695. The van der Waals surface area contributed by atoms with Gasteiger partial charge >= 0.3 is 6.09 Å². The highest BCUT2D eigenvalue weighted by molar-refractivity contribution is 5.70. The molecule has 2 aliphatic rings. The monoisotopic (exact) mass is 279 g/mol. The van der Waals surface area contributed by atoms with E-state index in [0.29, 0.717) is 12.0 Å². The van der Waals surface area contributed by atoms with E-state index in [-0.39, 0.29) is 12.1 Å². The Kier molecular flexibility index (Phi) is 4.46. The third-order valence-corrected chi connectivity index (χ3v) is 3.99. The first-order valence-corrected chi connectivity index (χ1v) is 7.97. The van der Waals surface area contributed by atoms with Crippen molar-refractivity contribution in [1.29, 1.82) is 0 Å². The average molecular weight is 279 g/mol. The first-order valence-electron chi connectivity index (χ1n) is 7.97. The Hall–Kier alpha value is -0.990. The number of rotatable bonds is 2. The van der Waals surface area contributed by atoms with Crippen molar-refractivity contribution >= 4 is 6.09 Å². The minimum Gasteiger partial charge on any atom is -0.444 e. The van der Waals surface area contributed by atoms with Crippen LogP contribution in [0.2, 0.25) is 0 Å². The summed E-state index contributed by atoms with van der Waals surface area (Å²) in [5.74, 6) is 0.690. The predicted molar refractivity (Wildman–Crippen MR) is 81.7 cm³/mol. The lowest BCUT2D eigenvalue weighted by atomic mass is 9.83. The van der Waals surface area contributed by atoms with Gasteiger partial charge < -0.3 is 4.74 Å². The van der Waals surface area contributed by atoms with E-state index in [0.717, 1.165) is 25.7 Å². The normalized spacial score (nSPS) is 26.5. The van der Waals surface area contributed by atoms with Gasteiger partial charge in [-0.25, -0.2) is 4.79 Å². The lowest BCUT2D eigenvalue weighted by Crippen LogP contribution is -2.53. The van der Waals surface area contributed by atoms with Crippen molar-refractivity contribution in [1.82, 2.24) is 4.90 Å². The van der Waals surface area contributed by atoms with Gasteiger partial charge in [-0.15, -0.1) is 0 Å². The zero-order valence-corrected chi connectivity index (χ0v) is 13.6. The van der Waals surface area contributed by atoms with Crippen molar-refractivity contribution in [2.75, 3.05) is 0 Å². The van der Waals surface area contributed by atoms with E-state index in [9.17, 15) is 4.79 Å². The Morgan fingerprint density at radius 3 is 2.65 bits per heavy atom. The smallest absolute Gasteiger partial charge is 0.411 e. The molecule has 114 valence electrons. The van der Waals surface area contributed by atoms with E-state index < -0.39 is 5.60 Å². The molecule has 0 aliphatic carbocycles. The maximum Gasteiger partial charge on any atom is 0.411 e. The summed E-state index contributed by atoms with van der Waals surface area (Å²) in [5.41, 5.74) is 1.13. The summed E-state index contributed by atoms with van der Waals surface area (Å²) in [5, 5.41) is 0. The fourth-order valence-corrected chi connectivity index (χ4v) is 3.39. The van der Waals surface area contributed by atoms with Crippen LogP contribution in [-0.2, 0) is 4.74 Å². The number of amides is 1. The third kappa shape index (κ3) is 3.77. The van der Waals surface area contributed by atoms with E-state index >= 15 is 0 Å². The van der Waals surface area contributed by atoms with Crippen LogP contribution in [0.25, 0.3) is 0 Å². The molecule has 0 aromatic heterocycles. The van der Waals surface area contributed by atoms with Crippen LogP contribution in [0.4, 0.5) is 4.79 Å². The van der Waals surface area contributed by atoms with Crippen molar-refractivity contribution in [3.05, 3.63) is 11.6 Å². The molecule has 3 heteroatoms. The molecule has 0 saturated carbocycles. The highest BCUT2D eigenvalue weighted by atomic mass is 16.6. The molecule has 1 saturated heterocycles. The minimum atomic E-state index is -0.409. The van der Waals surface area contributed by atoms with Gasteiger partial charge in [-0.1, -0.05) is 25.5 Å². The van der Waals surface area contributed by atoms with Crippen LogP contribution in [-0.4, -0.2) is 28.7 Å². The van der Waals surface area contributed by atoms with Gasteiger partial charge in [0.15, 0.2) is 0 Å². The summed E-state index contributed by atoms with van der Waals surface area (Å²) in [6.45, 7) is 10.3. The Morgan fingerprint density at radius 1 is 1.40 bits per heavy atom.